The zero-order chi connectivity index (χ0) is 25.9. The van der Waals surface area contributed by atoms with E-state index in [4.69, 9.17) is 33.5 Å². The van der Waals surface area contributed by atoms with Crippen LogP contribution in [0.25, 0.3) is 0 Å². The van der Waals surface area contributed by atoms with Crippen molar-refractivity contribution in [1.29, 1.82) is 0 Å². The van der Waals surface area contributed by atoms with Gasteiger partial charge in [0, 0.05) is 0 Å². The maximum atomic E-state index is 10.8. The van der Waals surface area contributed by atoms with Gasteiger partial charge in [0.2, 0.25) is 5.79 Å². The summed E-state index contributed by atoms with van der Waals surface area (Å²) in [5, 5.41) is 89.0. The maximum absolute atomic E-state index is 10.8. The molecule has 4 aliphatic rings. The van der Waals surface area contributed by atoms with Crippen LogP contribution >= 0.6 is 0 Å². The van der Waals surface area contributed by atoms with Gasteiger partial charge in [-0.25, -0.2) is 0 Å². The Morgan fingerprint density at radius 3 is 1.94 bits per heavy atom. The zero-order valence-corrected chi connectivity index (χ0v) is 19.1. The summed E-state index contributed by atoms with van der Waals surface area (Å²) in [5.41, 5.74) is 0. The predicted molar refractivity (Wildman–Crippen MR) is 110 cm³/mol. The Labute approximate surface area is 200 Å². The third-order valence-corrected chi connectivity index (χ3v) is 6.05. The fourth-order valence-corrected chi connectivity index (χ4v) is 3.79. The average Bonchev–Trinajstić information content (AvgIpc) is 3.79. The number of rotatable bonds is 10. The summed E-state index contributed by atoms with van der Waals surface area (Å²) in [6, 6.07) is 0. The highest BCUT2D eigenvalue weighted by atomic mass is 16.8. The van der Waals surface area contributed by atoms with Crippen molar-refractivity contribution in [2.75, 3.05) is 39.6 Å². The number of epoxide rings is 2. The van der Waals surface area contributed by atoms with Crippen molar-refractivity contribution in [3.8, 4) is 0 Å². The largest absolute Gasteiger partial charge is 0.394 e. The van der Waals surface area contributed by atoms with E-state index in [-0.39, 0.29) is 6.61 Å². The second-order valence-electron chi connectivity index (χ2n) is 8.92. The minimum absolute atomic E-state index is 0.121. The van der Waals surface area contributed by atoms with Crippen molar-refractivity contribution in [2.24, 2.45) is 0 Å². The first-order valence-electron chi connectivity index (χ1n) is 11.4. The highest BCUT2D eigenvalue weighted by Crippen LogP contribution is 2.43. The van der Waals surface area contributed by atoms with Gasteiger partial charge in [-0.3, -0.25) is 0 Å². The molecule has 0 saturated carbocycles. The Bertz CT molecular complexity index is 646. The second kappa shape index (κ2) is 12.3. The second-order valence-corrected chi connectivity index (χ2v) is 8.92. The summed E-state index contributed by atoms with van der Waals surface area (Å²) in [6.07, 6.45) is -16.1. The molecular weight excluding hydrogens is 480 g/mol. The van der Waals surface area contributed by atoms with Crippen molar-refractivity contribution in [3.05, 3.63) is 0 Å². The lowest BCUT2D eigenvalue weighted by Gasteiger charge is -2.45. The van der Waals surface area contributed by atoms with E-state index in [1.165, 1.54) is 0 Å². The van der Waals surface area contributed by atoms with E-state index < -0.39 is 99.5 Å². The Morgan fingerprint density at radius 1 is 0.886 bits per heavy atom. The quantitative estimate of drug-likeness (QED) is 0.123. The summed E-state index contributed by atoms with van der Waals surface area (Å²) in [5.74, 6) is -2.32. The first-order valence-corrected chi connectivity index (χ1v) is 11.4. The van der Waals surface area contributed by atoms with Gasteiger partial charge >= 0.3 is 0 Å². The van der Waals surface area contributed by atoms with E-state index in [2.05, 4.69) is 6.92 Å². The van der Waals surface area contributed by atoms with Gasteiger partial charge < -0.3 is 74.4 Å². The monoisotopic (exact) mass is 516 g/mol. The van der Waals surface area contributed by atoms with Crippen molar-refractivity contribution in [1.82, 2.24) is 0 Å². The zero-order valence-electron chi connectivity index (χ0n) is 19.1. The van der Waals surface area contributed by atoms with Crippen molar-refractivity contribution in [3.63, 3.8) is 0 Å². The lowest BCUT2D eigenvalue weighted by molar-refractivity contribution is -0.400. The molecule has 9 N–H and O–H groups in total. The molecule has 4 heterocycles. The first kappa shape index (κ1) is 29.0. The fraction of sp³-hybridized carbons (Fsp3) is 1.00. The number of aliphatic hydroxyl groups excluding tert-OH is 9. The molecule has 0 spiro atoms. The van der Waals surface area contributed by atoms with Gasteiger partial charge in [0.25, 0.3) is 0 Å². The van der Waals surface area contributed by atoms with E-state index in [0.717, 1.165) is 6.61 Å². The molecule has 206 valence electrons. The van der Waals surface area contributed by atoms with Gasteiger partial charge in [0.05, 0.1) is 45.7 Å². The van der Waals surface area contributed by atoms with Crippen LogP contribution in [0.3, 0.4) is 0 Å². The summed E-state index contributed by atoms with van der Waals surface area (Å²) in [6.45, 7) is 0.615. The number of hydrogen-bond acceptors (Lipinski definition) is 15. The van der Waals surface area contributed by atoms with E-state index in [1.807, 2.05) is 0 Å². The molecule has 0 bridgehead atoms. The van der Waals surface area contributed by atoms with Crippen molar-refractivity contribution in [2.45, 2.75) is 86.1 Å². The normalized spacial score (nSPS) is 46.5. The SMILES string of the molecule is CC1CO1.OCC(O)COC(C1CO1)[C@@]1(O[C@H]2O[C@H](CO)[C@@H](O)[C@H](O)[C@H]2O)O[C@H](CO)[C@@H](O)[C@@H]1O. The highest BCUT2D eigenvalue weighted by Gasteiger charge is 2.66. The van der Waals surface area contributed by atoms with Crippen LogP contribution in [-0.2, 0) is 28.4 Å². The van der Waals surface area contributed by atoms with Crippen LogP contribution in [-0.4, -0.2) is 165 Å². The number of hydrogen-bond donors (Lipinski definition) is 9. The standard InChI is InChI=1S/C17H30O14.C3H6O/c18-1-6(21)4-28-15(9-5-27-9)17(14(26)11(23)8(3-20)30-17)31-16-13(25)12(24)10(22)7(2-19)29-16;1-3-2-4-3/h6-16,18-26H,1-5H2;3H,2H2,1H3/t6?,7-,8-,9?,10-,11-,12+,13-,14+,15?,16-,17-;/m1./s1. The molecule has 15 heteroatoms. The Morgan fingerprint density at radius 2 is 1.49 bits per heavy atom. The summed E-state index contributed by atoms with van der Waals surface area (Å²) < 4.78 is 32.1. The first-order chi connectivity index (χ1) is 16.6. The average molecular weight is 516 g/mol. The van der Waals surface area contributed by atoms with Crippen LogP contribution in [0.1, 0.15) is 6.92 Å². The molecule has 4 saturated heterocycles. The Hall–Kier alpha value is -0.600. The van der Waals surface area contributed by atoms with Gasteiger partial charge in [-0.1, -0.05) is 0 Å². The van der Waals surface area contributed by atoms with Gasteiger partial charge in [-0.2, -0.15) is 0 Å². The van der Waals surface area contributed by atoms with Gasteiger partial charge in [-0.15, -0.1) is 0 Å². The van der Waals surface area contributed by atoms with E-state index in [0.29, 0.717) is 6.10 Å². The molecule has 13 atom stereocenters. The van der Waals surface area contributed by atoms with E-state index in [9.17, 15) is 40.9 Å². The minimum Gasteiger partial charge on any atom is -0.394 e. The molecule has 4 aliphatic heterocycles. The lowest BCUT2D eigenvalue weighted by Crippen LogP contribution is -2.65. The molecular formula is C20H36O15. The van der Waals surface area contributed by atoms with Gasteiger partial charge in [-0.05, 0) is 6.92 Å². The van der Waals surface area contributed by atoms with E-state index >= 15 is 0 Å². The van der Waals surface area contributed by atoms with Crippen LogP contribution in [0.2, 0.25) is 0 Å². The maximum Gasteiger partial charge on any atom is 0.229 e. The van der Waals surface area contributed by atoms with Crippen LogP contribution < -0.4 is 0 Å². The molecule has 4 fully saturated rings. The third kappa shape index (κ3) is 6.64. The van der Waals surface area contributed by atoms with Crippen LogP contribution in [0.5, 0.6) is 0 Å². The van der Waals surface area contributed by atoms with Crippen molar-refractivity contribution >= 4 is 0 Å². The summed E-state index contributed by atoms with van der Waals surface area (Å²) >= 11 is 0. The van der Waals surface area contributed by atoms with Gasteiger partial charge in [0.1, 0.15) is 61.0 Å². The fourth-order valence-electron chi connectivity index (χ4n) is 3.79. The van der Waals surface area contributed by atoms with Crippen molar-refractivity contribution < 1.29 is 74.4 Å². The smallest absolute Gasteiger partial charge is 0.229 e. The molecule has 4 rings (SSSR count). The van der Waals surface area contributed by atoms with Crippen LogP contribution in [0.4, 0.5) is 0 Å². The number of aliphatic hydroxyl groups is 9. The topological polar surface area (TPSA) is 244 Å². The van der Waals surface area contributed by atoms with E-state index in [1.54, 1.807) is 0 Å². The molecule has 0 aliphatic carbocycles. The predicted octanol–water partition coefficient (Wildman–Crippen LogP) is -5.85. The van der Waals surface area contributed by atoms with Crippen LogP contribution in [0, 0.1) is 0 Å². The minimum atomic E-state index is -2.32. The Balaban J connectivity index is 0.000000775. The van der Waals surface area contributed by atoms with Crippen LogP contribution in [0.15, 0.2) is 0 Å². The summed E-state index contributed by atoms with van der Waals surface area (Å²) in [7, 11) is 0. The summed E-state index contributed by atoms with van der Waals surface area (Å²) in [4.78, 5) is 0. The molecule has 15 nitrogen and oxygen atoms in total. The molecule has 0 radical (unpaired) electrons. The molecule has 4 unspecified atom stereocenters. The molecule has 0 aromatic heterocycles. The molecule has 0 aromatic rings. The molecule has 0 amide bonds. The lowest BCUT2D eigenvalue weighted by atomic mass is 9.96. The number of ether oxygens (including phenoxy) is 6. The third-order valence-electron chi connectivity index (χ3n) is 6.05. The molecule has 35 heavy (non-hydrogen) atoms. The highest BCUT2D eigenvalue weighted by molar-refractivity contribution is 5.06. The van der Waals surface area contributed by atoms with Gasteiger partial charge in [0.15, 0.2) is 6.29 Å². The molecule has 0 aromatic carbocycles. The Kier molecular flexibility index (Phi) is 10.2.